The van der Waals surface area contributed by atoms with Gasteiger partial charge in [0.05, 0.1) is 11.8 Å². The predicted molar refractivity (Wildman–Crippen MR) is 84.5 cm³/mol. The number of aliphatic hydroxyl groups excluding tert-OH is 1. The van der Waals surface area contributed by atoms with Gasteiger partial charge >= 0.3 is 0 Å². The van der Waals surface area contributed by atoms with E-state index in [0.717, 1.165) is 31.5 Å². The average Bonchev–Trinajstić information content (AvgIpc) is 2.80. The number of nitrogens with zero attached hydrogens (tertiary/aromatic N) is 2. The summed E-state index contributed by atoms with van der Waals surface area (Å²) in [5.74, 6) is -0.171. The van der Waals surface area contributed by atoms with Gasteiger partial charge in [-0.3, -0.25) is 9.48 Å². The fraction of sp³-hybridized carbons (Fsp3) is 0.750. The molecule has 0 aromatic carbocycles. The molecule has 0 radical (unpaired) electrons. The highest BCUT2D eigenvalue weighted by molar-refractivity contribution is 5.92. The first kappa shape index (κ1) is 17.7. The Labute approximate surface area is 127 Å². The van der Waals surface area contributed by atoms with Gasteiger partial charge in [0.25, 0.3) is 5.91 Å². The summed E-state index contributed by atoms with van der Waals surface area (Å²) in [5.41, 5.74) is 1.41. The summed E-state index contributed by atoms with van der Waals surface area (Å²) in [6, 6.07) is 1.86. The van der Waals surface area contributed by atoms with Gasteiger partial charge in [-0.2, -0.15) is 5.10 Å². The summed E-state index contributed by atoms with van der Waals surface area (Å²) in [6.45, 7) is 11.1. The predicted octanol–water partition coefficient (Wildman–Crippen LogP) is 2.48. The van der Waals surface area contributed by atoms with Gasteiger partial charge in [-0.25, -0.2) is 0 Å². The van der Waals surface area contributed by atoms with Crippen LogP contribution in [-0.2, 0) is 12.0 Å². The molecule has 0 bridgehead atoms. The van der Waals surface area contributed by atoms with E-state index in [0.29, 0.717) is 5.69 Å². The monoisotopic (exact) mass is 295 g/mol. The summed E-state index contributed by atoms with van der Waals surface area (Å²) in [5, 5.41) is 16.6. The van der Waals surface area contributed by atoms with Crippen molar-refractivity contribution in [3.63, 3.8) is 0 Å². The van der Waals surface area contributed by atoms with Crippen molar-refractivity contribution in [3.05, 3.63) is 17.5 Å². The Bertz CT molecular complexity index is 459. The number of hydrogen-bond donors (Lipinski definition) is 2. The third-order valence-electron chi connectivity index (χ3n) is 3.31. The number of amides is 1. The number of carbonyl (C=O) groups excluding carboxylic acids is 1. The van der Waals surface area contributed by atoms with E-state index in [-0.39, 0.29) is 17.9 Å². The first-order valence-corrected chi connectivity index (χ1v) is 7.80. The molecule has 0 fully saturated rings. The number of carbonyl (C=O) groups is 1. The summed E-state index contributed by atoms with van der Waals surface area (Å²) in [4.78, 5) is 12.3. The first-order valence-electron chi connectivity index (χ1n) is 7.80. The van der Waals surface area contributed by atoms with Crippen LogP contribution in [0.25, 0.3) is 0 Å². The fourth-order valence-corrected chi connectivity index (χ4v) is 1.98. The minimum absolute atomic E-state index is 0.0880. The molecular weight excluding hydrogens is 266 g/mol. The number of rotatable bonds is 7. The molecule has 0 aliphatic carbocycles. The van der Waals surface area contributed by atoms with Gasteiger partial charge in [0, 0.05) is 18.5 Å². The zero-order valence-corrected chi connectivity index (χ0v) is 13.9. The van der Waals surface area contributed by atoms with E-state index in [9.17, 15) is 9.90 Å². The maximum atomic E-state index is 12.3. The smallest absolute Gasteiger partial charge is 0.269 e. The molecule has 1 aromatic rings. The highest BCUT2D eigenvalue weighted by Gasteiger charge is 2.22. The first-order chi connectivity index (χ1) is 9.75. The molecule has 1 amide bonds. The second-order valence-corrected chi connectivity index (χ2v) is 6.65. The van der Waals surface area contributed by atoms with Crippen LogP contribution in [0.15, 0.2) is 6.07 Å². The maximum absolute atomic E-state index is 12.3. The maximum Gasteiger partial charge on any atom is 0.269 e. The van der Waals surface area contributed by atoms with Gasteiger partial charge in [0.1, 0.15) is 5.69 Å². The molecule has 0 aliphatic rings. The van der Waals surface area contributed by atoms with Crippen molar-refractivity contribution in [3.8, 4) is 0 Å². The van der Waals surface area contributed by atoms with E-state index in [1.165, 1.54) is 0 Å². The standard InChI is InChI=1S/C16H29N3O2/c1-6-7-8-9-19-13(15(21)17-11-12(2)20)10-14(18-19)16(3,4)5/h10,12,20H,6-9,11H2,1-5H3,(H,17,21). The van der Waals surface area contributed by atoms with E-state index in [1.807, 2.05) is 6.07 Å². The van der Waals surface area contributed by atoms with E-state index in [2.05, 4.69) is 38.1 Å². The molecule has 1 unspecified atom stereocenters. The summed E-state index contributed by atoms with van der Waals surface area (Å²) < 4.78 is 1.80. The Morgan fingerprint density at radius 2 is 2.10 bits per heavy atom. The van der Waals surface area contributed by atoms with Crippen LogP contribution in [0.3, 0.4) is 0 Å². The van der Waals surface area contributed by atoms with Gasteiger partial charge in [0.2, 0.25) is 0 Å². The normalized spacial score (nSPS) is 13.2. The van der Waals surface area contributed by atoms with Crippen LogP contribution in [0, 0.1) is 0 Å². The van der Waals surface area contributed by atoms with Crippen molar-refractivity contribution in [1.29, 1.82) is 0 Å². The highest BCUT2D eigenvalue weighted by Crippen LogP contribution is 2.22. The molecule has 0 spiro atoms. The van der Waals surface area contributed by atoms with Gasteiger partial charge in [-0.1, -0.05) is 40.5 Å². The SMILES string of the molecule is CCCCCn1nc(C(C)(C)C)cc1C(=O)NCC(C)O. The van der Waals surface area contributed by atoms with E-state index < -0.39 is 6.10 Å². The molecular formula is C16H29N3O2. The van der Waals surface area contributed by atoms with E-state index in [1.54, 1.807) is 11.6 Å². The topological polar surface area (TPSA) is 67.2 Å². The van der Waals surface area contributed by atoms with Gasteiger partial charge in [-0.05, 0) is 19.4 Å². The molecule has 21 heavy (non-hydrogen) atoms. The van der Waals surface area contributed by atoms with Crippen LogP contribution in [0.5, 0.6) is 0 Å². The molecule has 0 saturated carbocycles. The lowest BCUT2D eigenvalue weighted by atomic mass is 9.92. The lowest BCUT2D eigenvalue weighted by Crippen LogP contribution is -2.32. The molecule has 5 nitrogen and oxygen atoms in total. The number of aromatic nitrogens is 2. The molecule has 1 aromatic heterocycles. The Kier molecular flexibility index (Phi) is 6.40. The zero-order valence-electron chi connectivity index (χ0n) is 13.9. The van der Waals surface area contributed by atoms with Crippen molar-refractivity contribution in [1.82, 2.24) is 15.1 Å². The zero-order chi connectivity index (χ0) is 16.0. The number of unbranched alkanes of at least 4 members (excludes halogenated alkanes) is 2. The Hall–Kier alpha value is -1.36. The van der Waals surface area contributed by atoms with Crippen molar-refractivity contribution in [2.75, 3.05) is 6.54 Å². The number of aryl methyl sites for hydroxylation is 1. The Morgan fingerprint density at radius 1 is 1.43 bits per heavy atom. The quantitative estimate of drug-likeness (QED) is 0.759. The Balaban J connectivity index is 2.92. The van der Waals surface area contributed by atoms with E-state index >= 15 is 0 Å². The molecule has 5 heteroatoms. The van der Waals surface area contributed by atoms with Crippen LogP contribution in [0.1, 0.15) is 70.1 Å². The lowest BCUT2D eigenvalue weighted by Gasteiger charge is -2.14. The summed E-state index contributed by atoms with van der Waals surface area (Å²) >= 11 is 0. The number of hydrogen-bond acceptors (Lipinski definition) is 3. The van der Waals surface area contributed by atoms with Gasteiger partial charge in [-0.15, -0.1) is 0 Å². The molecule has 0 saturated heterocycles. The van der Waals surface area contributed by atoms with E-state index in [4.69, 9.17) is 0 Å². The van der Waals surface area contributed by atoms with Crippen molar-refractivity contribution >= 4 is 5.91 Å². The van der Waals surface area contributed by atoms with Crippen molar-refractivity contribution in [2.24, 2.45) is 0 Å². The molecule has 2 N–H and O–H groups in total. The minimum atomic E-state index is -0.549. The largest absolute Gasteiger partial charge is 0.392 e. The molecule has 1 rings (SSSR count). The average molecular weight is 295 g/mol. The van der Waals surface area contributed by atoms with Crippen LogP contribution in [-0.4, -0.2) is 33.4 Å². The van der Waals surface area contributed by atoms with Crippen LogP contribution in [0.2, 0.25) is 0 Å². The van der Waals surface area contributed by atoms with Crippen LogP contribution >= 0.6 is 0 Å². The second kappa shape index (κ2) is 7.59. The van der Waals surface area contributed by atoms with Crippen molar-refractivity contribution in [2.45, 2.75) is 71.9 Å². The second-order valence-electron chi connectivity index (χ2n) is 6.65. The van der Waals surface area contributed by atoms with Gasteiger partial charge < -0.3 is 10.4 Å². The van der Waals surface area contributed by atoms with Gasteiger partial charge in [0.15, 0.2) is 0 Å². The molecule has 0 aliphatic heterocycles. The number of aliphatic hydroxyl groups is 1. The molecule has 1 heterocycles. The van der Waals surface area contributed by atoms with Crippen LogP contribution < -0.4 is 5.32 Å². The summed E-state index contributed by atoms with van der Waals surface area (Å²) in [6.07, 6.45) is 2.72. The third-order valence-corrected chi connectivity index (χ3v) is 3.31. The van der Waals surface area contributed by atoms with Crippen molar-refractivity contribution < 1.29 is 9.90 Å². The molecule has 1 atom stereocenters. The highest BCUT2D eigenvalue weighted by atomic mass is 16.3. The Morgan fingerprint density at radius 3 is 2.62 bits per heavy atom. The molecule has 120 valence electrons. The van der Waals surface area contributed by atoms with Crippen LogP contribution in [0.4, 0.5) is 0 Å². The number of nitrogens with one attached hydrogen (secondary N) is 1. The lowest BCUT2D eigenvalue weighted by molar-refractivity contribution is 0.0913. The minimum Gasteiger partial charge on any atom is -0.392 e. The fourth-order valence-electron chi connectivity index (χ4n) is 1.98. The summed E-state index contributed by atoms with van der Waals surface area (Å²) in [7, 11) is 0. The third kappa shape index (κ3) is 5.50.